The second-order valence-corrected chi connectivity index (χ2v) is 7.34. The van der Waals surface area contributed by atoms with E-state index >= 15 is 0 Å². The fraction of sp³-hybridized carbons (Fsp3) is 0.238. The van der Waals surface area contributed by atoms with Crippen molar-refractivity contribution < 1.29 is 4.79 Å². The third kappa shape index (κ3) is 4.02. The van der Waals surface area contributed by atoms with Crippen molar-refractivity contribution in [2.75, 3.05) is 5.32 Å². The van der Waals surface area contributed by atoms with E-state index in [1.807, 2.05) is 56.3 Å². The zero-order valence-corrected chi connectivity index (χ0v) is 15.6. The van der Waals surface area contributed by atoms with Crippen LogP contribution in [0.2, 0.25) is 0 Å². The van der Waals surface area contributed by atoms with Crippen molar-refractivity contribution in [2.24, 2.45) is 0 Å². The molecule has 0 spiro atoms. The van der Waals surface area contributed by atoms with E-state index in [1.54, 1.807) is 0 Å². The zero-order valence-electron chi connectivity index (χ0n) is 14.7. The highest BCUT2D eigenvalue weighted by Gasteiger charge is 2.19. The minimum Gasteiger partial charge on any atom is -0.325 e. The Kier molecular flexibility index (Phi) is 5.39. The molecule has 1 heterocycles. The quantitative estimate of drug-likeness (QED) is 0.630. The Morgan fingerprint density at radius 1 is 1.08 bits per heavy atom. The maximum absolute atomic E-state index is 12.7. The lowest BCUT2D eigenvalue weighted by Gasteiger charge is -2.16. The van der Waals surface area contributed by atoms with Crippen LogP contribution in [0.1, 0.15) is 24.5 Å². The minimum absolute atomic E-state index is 0.0226. The summed E-state index contributed by atoms with van der Waals surface area (Å²) in [6.45, 7) is 6.11. The van der Waals surface area contributed by atoms with Crippen LogP contribution in [-0.4, -0.2) is 16.1 Å². The summed E-state index contributed by atoms with van der Waals surface area (Å²) in [5.74, 6) is 0.0226. The molecule has 0 saturated carbocycles. The van der Waals surface area contributed by atoms with Gasteiger partial charge in [0.2, 0.25) is 5.91 Å². The molecule has 128 valence electrons. The fourth-order valence-electron chi connectivity index (χ4n) is 2.77. The highest BCUT2D eigenvalue weighted by molar-refractivity contribution is 8.00. The van der Waals surface area contributed by atoms with Crippen molar-refractivity contribution in [3.05, 3.63) is 65.7 Å². The van der Waals surface area contributed by atoms with Crippen LogP contribution in [0.3, 0.4) is 0 Å². The third-order valence-corrected chi connectivity index (χ3v) is 5.51. The smallest absolute Gasteiger partial charge is 0.237 e. The Labute approximate surface area is 152 Å². The Balaban J connectivity index is 1.80. The number of hydrogen-bond donors (Lipinski definition) is 1. The van der Waals surface area contributed by atoms with Gasteiger partial charge >= 0.3 is 0 Å². The molecule has 3 nitrogen and oxygen atoms in total. The number of fused-ring (bicyclic) bond motifs is 1. The first-order valence-corrected chi connectivity index (χ1v) is 9.36. The molecule has 3 aromatic rings. The first-order valence-electron chi connectivity index (χ1n) is 8.48. The highest BCUT2D eigenvalue weighted by atomic mass is 32.2. The number of nitrogens with one attached hydrogen (secondary N) is 1. The normalized spacial score (nSPS) is 12.1. The summed E-state index contributed by atoms with van der Waals surface area (Å²) in [5, 5.41) is 4.92. The van der Waals surface area contributed by atoms with Gasteiger partial charge in [-0.3, -0.25) is 4.79 Å². The van der Waals surface area contributed by atoms with Crippen LogP contribution in [0.15, 0.2) is 59.6 Å². The number of thioether (sulfide) groups is 1. The number of pyridine rings is 1. The molecule has 3 rings (SSSR count). The lowest BCUT2D eigenvalue weighted by atomic mass is 10.1. The average molecular weight is 350 g/mol. The minimum atomic E-state index is -0.173. The maximum atomic E-state index is 12.7. The summed E-state index contributed by atoms with van der Waals surface area (Å²) in [5.41, 5.74) is 4.09. The molecule has 0 aliphatic carbocycles. The number of amides is 1. The van der Waals surface area contributed by atoms with Crippen LogP contribution >= 0.6 is 11.8 Å². The van der Waals surface area contributed by atoms with E-state index < -0.39 is 0 Å². The van der Waals surface area contributed by atoms with Crippen LogP contribution < -0.4 is 5.32 Å². The number of carbonyl (C=O) groups is 1. The van der Waals surface area contributed by atoms with Crippen molar-refractivity contribution >= 4 is 34.3 Å². The first kappa shape index (κ1) is 17.5. The first-order chi connectivity index (χ1) is 12.1. The molecule has 0 aliphatic heterocycles. The fourth-order valence-corrected chi connectivity index (χ4v) is 3.79. The molecular weight excluding hydrogens is 328 g/mol. The maximum Gasteiger partial charge on any atom is 0.237 e. The van der Waals surface area contributed by atoms with Gasteiger partial charge in [0.25, 0.3) is 0 Å². The van der Waals surface area contributed by atoms with E-state index in [4.69, 9.17) is 4.98 Å². The van der Waals surface area contributed by atoms with E-state index in [0.717, 1.165) is 33.6 Å². The molecule has 0 bridgehead atoms. The molecule has 1 amide bonds. The molecule has 1 unspecified atom stereocenters. The monoisotopic (exact) mass is 350 g/mol. The molecule has 1 atom stereocenters. The second kappa shape index (κ2) is 7.70. The second-order valence-electron chi connectivity index (χ2n) is 6.11. The highest BCUT2D eigenvalue weighted by Crippen LogP contribution is 2.29. The van der Waals surface area contributed by atoms with E-state index in [9.17, 15) is 4.79 Å². The lowest BCUT2D eigenvalue weighted by Crippen LogP contribution is -2.25. The van der Waals surface area contributed by atoms with Crippen LogP contribution in [-0.2, 0) is 4.79 Å². The van der Waals surface area contributed by atoms with Gasteiger partial charge in [0, 0.05) is 11.1 Å². The Hall–Kier alpha value is -2.33. The standard InChI is InChI=1S/C21H22N2OS/c1-4-19(21(24)23-17-11-7-5-9-14(17)2)25-20-13-15(3)16-10-6-8-12-18(16)22-20/h5-13,19H,4H2,1-3H3,(H,23,24). The molecule has 4 heteroatoms. The SMILES string of the molecule is CCC(Sc1cc(C)c2ccccc2n1)C(=O)Nc1ccccc1C. The summed E-state index contributed by atoms with van der Waals surface area (Å²) in [6, 6.07) is 18.0. The van der Waals surface area contributed by atoms with Gasteiger partial charge in [0.05, 0.1) is 15.8 Å². The molecular formula is C21H22N2OS. The van der Waals surface area contributed by atoms with Gasteiger partial charge in [-0.2, -0.15) is 0 Å². The van der Waals surface area contributed by atoms with E-state index in [0.29, 0.717) is 0 Å². The molecule has 0 aliphatic rings. The summed E-state index contributed by atoms with van der Waals surface area (Å²) in [7, 11) is 0. The zero-order chi connectivity index (χ0) is 17.8. The van der Waals surface area contributed by atoms with E-state index in [2.05, 4.69) is 24.4 Å². The molecule has 0 radical (unpaired) electrons. The van der Waals surface area contributed by atoms with Crippen LogP contribution in [0.25, 0.3) is 10.9 Å². The molecule has 1 aromatic heterocycles. The van der Waals surface area contributed by atoms with Gasteiger partial charge < -0.3 is 5.32 Å². The molecule has 0 saturated heterocycles. The van der Waals surface area contributed by atoms with Gasteiger partial charge in [-0.05, 0) is 49.6 Å². The van der Waals surface area contributed by atoms with Gasteiger partial charge in [-0.1, -0.05) is 55.1 Å². The van der Waals surface area contributed by atoms with Gasteiger partial charge in [-0.15, -0.1) is 0 Å². The number of nitrogens with zero attached hydrogens (tertiary/aromatic N) is 1. The van der Waals surface area contributed by atoms with Crippen molar-refractivity contribution in [1.29, 1.82) is 0 Å². The average Bonchev–Trinajstić information content (AvgIpc) is 2.61. The molecule has 25 heavy (non-hydrogen) atoms. The molecule has 1 N–H and O–H groups in total. The number of rotatable bonds is 5. The van der Waals surface area contributed by atoms with E-state index in [1.165, 1.54) is 17.3 Å². The summed E-state index contributed by atoms with van der Waals surface area (Å²) in [4.78, 5) is 17.4. The predicted octanol–water partition coefficient (Wildman–Crippen LogP) is 5.36. The van der Waals surface area contributed by atoms with Crippen LogP contribution in [0.4, 0.5) is 5.69 Å². The van der Waals surface area contributed by atoms with Gasteiger partial charge in [0.15, 0.2) is 0 Å². The number of para-hydroxylation sites is 2. The number of benzene rings is 2. The van der Waals surface area contributed by atoms with E-state index in [-0.39, 0.29) is 11.2 Å². The van der Waals surface area contributed by atoms with Crippen molar-refractivity contribution in [3.63, 3.8) is 0 Å². The molecule has 0 fully saturated rings. The Morgan fingerprint density at radius 2 is 1.80 bits per heavy atom. The largest absolute Gasteiger partial charge is 0.325 e. The topological polar surface area (TPSA) is 42.0 Å². The number of aromatic nitrogens is 1. The Bertz CT molecular complexity index is 907. The number of carbonyl (C=O) groups excluding carboxylic acids is 1. The number of hydrogen-bond acceptors (Lipinski definition) is 3. The molecule has 2 aromatic carbocycles. The third-order valence-electron chi connectivity index (χ3n) is 4.23. The van der Waals surface area contributed by atoms with Crippen LogP contribution in [0, 0.1) is 13.8 Å². The van der Waals surface area contributed by atoms with Gasteiger partial charge in [-0.25, -0.2) is 4.98 Å². The number of aryl methyl sites for hydroxylation is 2. The predicted molar refractivity (Wildman–Crippen MR) is 106 cm³/mol. The summed E-state index contributed by atoms with van der Waals surface area (Å²) < 4.78 is 0. The van der Waals surface area contributed by atoms with Crippen molar-refractivity contribution in [3.8, 4) is 0 Å². The number of anilines is 1. The van der Waals surface area contributed by atoms with Crippen molar-refractivity contribution in [2.45, 2.75) is 37.5 Å². The van der Waals surface area contributed by atoms with Crippen LogP contribution in [0.5, 0.6) is 0 Å². The summed E-state index contributed by atoms with van der Waals surface area (Å²) >= 11 is 1.53. The Morgan fingerprint density at radius 3 is 2.56 bits per heavy atom. The van der Waals surface area contributed by atoms with Gasteiger partial charge in [0.1, 0.15) is 0 Å². The summed E-state index contributed by atoms with van der Waals surface area (Å²) in [6.07, 6.45) is 0.746. The van der Waals surface area contributed by atoms with Crippen molar-refractivity contribution in [1.82, 2.24) is 4.98 Å². The lowest BCUT2D eigenvalue weighted by molar-refractivity contribution is -0.115.